The summed E-state index contributed by atoms with van der Waals surface area (Å²) in [7, 11) is 0. The van der Waals surface area contributed by atoms with Crippen molar-refractivity contribution in [3.8, 4) is 5.40 Å². The molecule has 1 rings (SSSR count). The number of thiocyanates is 1. The van der Waals surface area contributed by atoms with Gasteiger partial charge in [-0.15, -0.1) is 0 Å². The standard InChI is InChI=1S/C16H22N2O2S/c1-3-4-5-10-18(11-13(2)16(19)20)14-6-8-15(9-7-14)21-12-17/h6-9,13H,3-5,10-11H2,1-2H3,(H,19,20). The van der Waals surface area contributed by atoms with Gasteiger partial charge in [0.15, 0.2) is 0 Å². The van der Waals surface area contributed by atoms with Gasteiger partial charge in [0.25, 0.3) is 0 Å². The summed E-state index contributed by atoms with van der Waals surface area (Å²) in [4.78, 5) is 14.1. The Morgan fingerprint density at radius 2 is 2.05 bits per heavy atom. The summed E-state index contributed by atoms with van der Waals surface area (Å²) >= 11 is 1.13. The van der Waals surface area contributed by atoms with Crippen LogP contribution in [0.3, 0.4) is 0 Å². The highest BCUT2D eigenvalue weighted by Gasteiger charge is 2.16. The number of hydrogen-bond acceptors (Lipinski definition) is 4. The number of nitrogens with zero attached hydrogens (tertiary/aromatic N) is 2. The molecule has 21 heavy (non-hydrogen) atoms. The number of anilines is 1. The molecule has 0 radical (unpaired) electrons. The molecule has 1 aromatic carbocycles. The van der Waals surface area contributed by atoms with Gasteiger partial charge in [0.2, 0.25) is 0 Å². The van der Waals surface area contributed by atoms with E-state index in [1.807, 2.05) is 29.7 Å². The number of carboxylic acid groups (broad SMARTS) is 1. The Kier molecular flexibility index (Phi) is 7.70. The van der Waals surface area contributed by atoms with Crippen LogP contribution in [-0.4, -0.2) is 24.2 Å². The maximum atomic E-state index is 11.1. The lowest BCUT2D eigenvalue weighted by atomic mass is 10.1. The third-order valence-electron chi connectivity index (χ3n) is 3.31. The molecular weight excluding hydrogens is 284 g/mol. The molecule has 0 fully saturated rings. The predicted octanol–water partition coefficient (Wildman–Crippen LogP) is 3.98. The minimum atomic E-state index is -0.771. The first-order valence-corrected chi connectivity index (χ1v) is 8.03. The third kappa shape index (κ3) is 6.09. The Labute approximate surface area is 130 Å². The summed E-state index contributed by atoms with van der Waals surface area (Å²) in [6.07, 6.45) is 3.33. The number of rotatable bonds is 9. The van der Waals surface area contributed by atoms with Crippen molar-refractivity contribution in [2.75, 3.05) is 18.0 Å². The van der Waals surface area contributed by atoms with Crippen molar-refractivity contribution in [3.63, 3.8) is 0 Å². The molecule has 1 aromatic rings. The second-order valence-electron chi connectivity index (χ2n) is 5.08. The van der Waals surface area contributed by atoms with E-state index in [1.165, 1.54) is 0 Å². The number of thioether (sulfide) groups is 1. The molecule has 0 bridgehead atoms. The lowest BCUT2D eigenvalue weighted by Gasteiger charge is -2.26. The number of benzene rings is 1. The lowest BCUT2D eigenvalue weighted by Crippen LogP contribution is -2.32. The zero-order chi connectivity index (χ0) is 15.7. The number of carbonyl (C=O) groups is 1. The second-order valence-corrected chi connectivity index (χ2v) is 5.94. The van der Waals surface area contributed by atoms with Crippen molar-refractivity contribution in [2.45, 2.75) is 38.0 Å². The van der Waals surface area contributed by atoms with Gasteiger partial charge in [-0.3, -0.25) is 4.79 Å². The highest BCUT2D eigenvalue weighted by Crippen LogP contribution is 2.22. The largest absolute Gasteiger partial charge is 0.481 e. The first kappa shape index (κ1) is 17.4. The number of unbranched alkanes of at least 4 members (excludes halogenated alkanes) is 2. The Morgan fingerprint density at radius 3 is 2.57 bits per heavy atom. The van der Waals surface area contributed by atoms with Gasteiger partial charge in [0, 0.05) is 23.7 Å². The van der Waals surface area contributed by atoms with E-state index >= 15 is 0 Å². The summed E-state index contributed by atoms with van der Waals surface area (Å²) < 4.78 is 0. The molecule has 0 amide bonds. The Balaban J connectivity index is 2.78. The van der Waals surface area contributed by atoms with Gasteiger partial charge in [-0.1, -0.05) is 26.7 Å². The zero-order valence-corrected chi connectivity index (χ0v) is 13.4. The number of nitriles is 1. The first-order valence-electron chi connectivity index (χ1n) is 7.22. The van der Waals surface area contributed by atoms with E-state index in [-0.39, 0.29) is 0 Å². The molecule has 0 aliphatic rings. The molecular formula is C16H22N2O2S. The summed E-state index contributed by atoms with van der Waals surface area (Å²) in [6, 6.07) is 7.73. The molecule has 0 aromatic heterocycles. The van der Waals surface area contributed by atoms with E-state index in [4.69, 9.17) is 10.4 Å². The van der Waals surface area contributed by atoms with Crippen LogP contribution in [0.15, 0.2) is 29.2 Å². The molecule has 0 aliphatic carbocycles. The Morgan fingerprint density at radius 1 is 1.38 bits per heavy atom. The van der Waals surface area contributed by atoms with E-state index in [9.17, 15) is 4.79 Å². The number of hydrogen-bond donors (Lipinski definition) is 1. The monoisotopic (exact) mass is 306 g/mol. The summed E-state index contributed by atoms with van der Waals surface area (Å²) in [5, 5.41) is 19.8. The molecule has 0 spiro atoms. The SMILES string of the molecule is CCCCCN(CC(C)C(=O)O)c1ccc(SC#N)cc1. The maximum absolute atomic E-state index is 11.1. The van der Waals surface area contributed by atoms with Crippen LogP contribution in [0.4, 0.5) is 5.69 Å². The molecule has 4 nitrogen and oxygen atoms in total. The average molecular weight is 306 g/mol. The normalized spacial score (nSPS) is 11.7. The third-order valence-corrected chi connectivity index (χ3v) is 3.91. The van der Waals surface area contributed by atoms with Crippen LogP contribution in [0.1, 0.15) is 33.1 Å². The van der Waals surface area contributed by atoms with Gasteiger partial charge in [-0.05, 0) is 42.4 Å². The Bertz CT molecular complexity index is 482. The molecule has 1 N–H and O–H groups in total. The molecule has 0 saturated carbocycles. The van der Waals surface area contributed by atoms with Gasteiger partial charge in [0.05, 0.1) is 5.92 Å². The van der Waals surface area contributed by atoms with Crippen molar-refractivity contribution in [1.82, 2.24) is 0 Å². The minimum Gasteiger partial charge on any atom is -0.481 e. The van der Waals surface area contributed by atoms with E-state index in [0.29, 0.717) is 6.54 Å². The quantitative estimate of drug-likeness (QED) is 0.425. The van der Waals surface area contributed by atoms with Crippen LogP contribution in [0.2, 0.25) is 0 Å². The van der Waals surface area contributed by atoms with E-state index in [2.05, 4.69) is 11.8 Å². The lowest BCUT2D eigenvalue weighted by molar-refractivity contribution is -0.140. The van der Waals surface area contributed by atoms with E-state index < -0.39 is 11.9 Å². The molecule has 0 aliphatic heterocycles. The van der Waals surface area contributed by atoms with E-state index in [0.717, 1.165) is 48.2 Å². The fourth-order valence-electron chi connectivity index (χ4n) is 2.06. The molecule has 0 heterocycles. The average Bonchev–Trinajstić information content (AvgIpc) is 2.47. The van der Waals surface area contributed by atoms with Gasteiger partial charge >= 0.3 is 5.97 Å². The van der Waals surface area contributed by atoms with Crippen LogP contribution in [0.5, 0.6) is 0 Å². The van der Waals surface area contributed by atoms with Crippen molar-refractivity contribution in [1.29, 1.82) is 5.26 Å². The van der Waals surface area contributed by atoms with E-state index in [1.54, 1.807) is 6.92 Å². The highest BCUT2D eigenvalue weighted by atomic mass is 32.2. The fraction of sp³-hybridized carbons (Fsp3) is 0.500. The van der Waals surface area contributed by atoms with Gasteiger partial charge < -0.3 is 10.0 Å². The van der Waals surface area contributed by atoms with Crippen molar-refractivity contribution in [2.24, 2.45) is 5.92 Å². The molecule has 0 saturated heterocycles. The molecule has 114 valence electrons. The fourth-order valence-corrected chi connectivity index (χ4v) is 2.44. The Hall–Kier alpha value is -1.67. The minimum absolute atomic E-state index is 0.403. The van der Waals surface area contributed by atoms with Gasteiger partial charge in [-0.2, -0.15) is 5.26 Å². The predicted molar refractivity (Wildman–Crippen MR) is 86.4 cm³/mol. The zero-order valence-electron chi connectivity index (χ0n) is 12.6. The number of aliphatic carboxylic acids is 1. The van der Waals surface area contributed by atoms with Crippen LogP contribution in [0.25, 0.3) is 0 Å². The van der Waals surface area contributed by atoms with Crippen LogP contribution in [-0.2, 0) is 4.79 Å². The first-order chi connectivity index (χ1) is 10.1. The maximum Gasteiger partial charge on any atom is 0.308 e. The van der Waals surface area contributed by atoms with Gasteiger partial charge in [-0.25, -0.2) is 0 Å². The van der Waals surface area contributed by atoms with Crippen LogP contribution < -0.4 is 4.90 Å². The molecule has 5 heteroatoms. The topological polar surface area (TPSA) is 64.3 Å². The van der Waals surface area contributed by atoms with Crippen LogP contribution >= 0.6 is 11.8 Å². The molecule has 1 atom stereocenters. The van der Waals surface area contributed by atoms with Crippen molar-refractivity contribution >= 4 is 23.4 Å². The summed E-state index contributed by atoms with van der Waals surface area (Å²) in [5.41, 5.74) is 1.02. The summed E-state index contributed by atoms with van der Waals surface area (Å²) in [5.74, 6) is -1.17. The van der Waals surface area contributed by atoms with Gasteiger partial charge in [0.1, 0.15) is 5.40 Å². The van der Waals surface area contributed by atoms with Crippen LogP contribution in [0, 0.1) is 16.6 Å². The molecule has 1 unspecified atom stereocenters. The van der Waals surface area contributed by atoms with Crippen molar-refractivity contribution < 1.29 is 9.90 Å². The highest BCUT2D eigenvalue weighted by molar-refractivity contribution is 8.03. The smallest absolute Gasteiger partial charge is 0.308 e. The van der Waals surface area contributed by atoms with Crippen molar-refractivity contribution in [3.05, 3.63) is 24.3 Å². The second kappa shape index (κ2) is 9.30. The summed E-state index contributed by atoms with van der Waals surface area (Å²) in [6.45, 7) is 5.24. The number of carboxylic acids is 1.